The fraction of sp³-hybridized carbons (Fsp3) is 0.100. The summed E-state index contributed by atoms with van der Waals surface area (Å²) < 4.78 is 13.1. The molecule has 4 heteroatoms. The minimum absolute atomic E-state index is 0.178. The summed E-state index contributed by atoms with van der Waals surface area (Å²) in [6.07, 6.45) is 3.43. The number of benzene rings is 2. The number of anilines is 1. The van der Waals surface area contributed by atoms with Crippen molar-refractivity contribution < 1.29 is 9.18 Å². The highest BCUT2D eigenvalue weighted by Gasteiger charge is 2.18. The highest BCUT2D eigenvalue weighted by molar-refractivity contribution is 6.06. The summed E-state index contributed by atoms with van der Waals surface area (Å²) in [6, 6.07) is 17.1. The zero-order chi connectivity index (χ0) is 16.9. The Bertz CT molecular complexity index is 815. The van der Waals surface area contributed by atoms with Crippen LogP contribution in [-0.2, 0) is 6.54 Å². The van der Waals surface area contributed by atoms with Gasteiger partial charge < -0.3 is 4.90 Å². The van der Waals surface area contributed by atoms with Crippen molar-refractivity contribution in [3.05, 3.63) is 95.6 Å². The van der Waals surface area contributed by atoms with Gasteiger partial charge in [-0.1, -0.05) is 23.8 Å². The average Bonchev–Trinajstić information content (AvgIpc) is 2.62. The monoisotopic (exact) mass is 320 g/mol. The number of pyridine rings is 1. The standard InChI is InChI=1S/C20H17FN2O/c1-15-4-10-19(11-5-15)23(14-16-3-2-12-22-13-16)20(24)17-6-8-18(21)9-7-17/h2-13H,14H2,1H3. The summed E-state index contributed by atoms with van der Waals surface area (Å²) in [5, 5.41) is 0. The molecule has 0 aliphatic rings. The van der Waals surface area contributed by atoms with Crippen molar-refractivity contribution in [1.29, 1.82) is 0 Å². The molecule has 1 heterocycles. The fourth-order valence-electron chi connectivity index (χ4n) is 2.43. The first-order valence-corrected chi connectivity index (χ1v) is 7.66. The largest absolute Gasteiger partial charge is 0.304 e. The van der Waals surface area contributed by atoms with Crippen LogP contribution < -0.4 is 4.90 Å². The van der Waals surface area contributed by atoms with Crippen LogP contribution in [0.3, 0.4) is 0 Å². The van der Waals surface area contributed by atoms with Crippen molar-refractivity contribution >= 4 is 11.6 Å². The molecule has 24 heavy (non-hydrogen) atoms. The maximum Gasteiger partial charge on any atom is 0.258 e. The smallest absolute Gasteiger partial charge is 0.258 e. The van der Waals surface area contributed by atoms with Crippen molar-refractivity contribution in [2.75, 3.05) is 4.90 Å². The highest BCUT2D eigenvalue weighted by atomic mass is 19.1. The number of carbonyl (C=O) groups is 1. The van der Waals surface area contributed by atoms with E-state index in [2.05, 4.69) is 4.98 Å². The van der Waals surface area contributed by atoms with Crippen LogP contribution in [0.25, 0.3) is 0 Å². The molecule has 0 radical (unpaired) electrons. The number of carbonyl (C=O) groups excluding carboxylic acids is 1. The molecule has 0 bridgehead atoms. The number of hydrogen-bond donors (Lipinski definition) is 0. The zero-order valence-electron chi connectivity index (χ0n) is 13.3. The fourth-order valence-corrected chi connectivity index (χ4v) is 2.43. The van der Waals surface area contributed by atoms with Gasteiger partial charge in [-0.05, 0) is 55.0 Å². The lowest BCUT2D eigenvalue weighted by molar-refractivity contribution is 0.0985. The Hall–Kier alpha value is -3.01. The maximum absolute atomic E-state index is 13.1. The van der Waals surface area contributed by atoms with E-state index >= 15 is 0 Å². The molecule has 0 aliphatic heterocycles. The third kappa shape index (κ3) is 3.66. The molecule has 0 aliphatic carbocycles. The lowest BCUT2D eigenvalue weighted by Crippen LogP contribution is -2.30. The minimum atomic E-state index is -0.360. The number of rotatable bonds is 4. The Morgan fingerprint density at radius 3 is 2.38 bits per heavy atom. The van der Waals surface area contributed by atoms with Crippen LogP contribution in [0.15, 0.2) is 73.1 Å². The Morgan fingerprint density at radius 2 is 1.75 bits per heavy atom. The van der Waals surface area contributed by atoms with Crippen molar-refractivity contribution in [2.24, 2.45) is 0 Å². The van der Waals surface area contributed by atoms with Gasteiger partial charge in [0.05, 0.1) is 6.54 Å². The molecule has 3 rings (SSSR count). The van der Waals surface area contributed by atoms with E-state index < -0.39 is 0 Å². The number of hydrogen-bond acceptors (Lipinski definition) is 2. The summed E-state index contributed by atoms with van der Waals surface area (Å²) >= 11 is 0. The molecule has 0 atom stereocenters. The third-order valence-corrected chi connectivity index (χ3v) is 3.75. The van der Waals surface area contributed by atoms with Crippen molar-refractivity contribution in [3.63, 3.8) is 0 Å². The molecule has 0 spiro atoms. The second-order valence-electron chi connectivity index (χ2n) is 5.60. The molecule has 0 unspecified atom stereocenters. The van der Waals surface area contributed by atoms with Crippen LogP contribution in [0.1, 0.15) is 21.5 Å². The van der Waals surface area contributed by atoms with E-state index in [0.29, 0.717) is 12.1 Å². The SMILES string of the molecule is Cc1ccc(N(Cc2cccnc2)C(=O)c2ccc(F)cc2)cc1. The summed E-state index contributed by atoms with van der Waals surface area (Å²) in [6.45, 7) is 2.39. The van der Waals surface area contributed by atoms with Crippen LogP contribution in [-0.4, -0.2) is 10.9 Å². The predicted molar refractivity (Wildman–Crippen MR) is 92.3 cm³/mol. The molecule has 1 amide bonds. The van der Waals surface area contributed by atoms with E-state index in [1.165, 1.54) is 24.3 Å². The first-order valence-electron chi connectivity index (χ1n) is 7.66. The molecule has 3 nitrogen and oxygen atoms in total. The van der Waals surface area contributed by atoms with Gasteiger partial charge in [0.2, 0.25) is 0 Å². The minimum Gasteiger partial charge on any atom is -0.304 e. The van der Waals surface area contributed by atoms with Gasteiger partial charge in [0.25, 0.3) is 5.91 Å². The first kappa shape index (κ1) is 15.9. The van der Waals surface area contributed by atoms with Gasteiger partial charge >= 0.3 is 0 Å². The topological polar surface area (TPSA) is 33.2 Å². The molecule has 2 aromatic carbocycles. The van der Waals surface area contributed by atoms with Gasteiger partial charge in [0.15, 0.2) is 0 Å². The zero-order valence-corrected chi connectivity index (χ0v) is 13.3. The van der Waals surface area contributed by atoms with E-state index in [4.69, 9.17) is 0 Å². The first-order chi connectivity index (χ1) is 11.6. The Balaban J connectivity index is 1.96. The summed E-state index contributed by atoms with van der Waals surface area (Å²) in [7, 11) is 0. The van der Waals surface area contributed by atoms with Crippen molar-refractivity contribution in [2.45, 2.75) is 13.5 Å². The number of halogens is 1. The Morgan fingerprint density at radius 1 is 1.04 bits per heavy atom. The Labute approximate surface area is 140 Å². The number of aryl methyl sites for hydroxylation is 1. The third-order valence-electron chi connectivity index (χ3n) is 3.75. The molecule has 0 fully saturated rings. The number of amides is 1. The highest BCUT2D eigenvalue weighted by Crippen LogP contribution is 2.21. The van der Waals surface area contributed by atoms with Gasteiger partial charge in [-0.15, -0.1) is 0 Å². The summed E-state index contributed by atoms with van der Waals surface area (Å²) in [5.41, 5.74) is 3.28. The van der Waals surface area contributed by atoms with E-state index in [1.807, 2.05) is 43.3 Å². The molecule has 120 valence electrons. The van der Waals surface area contributed by atoms with Crippen LogP contribution in [0, 0.1) is 12.7 Å². The molecule has 1 aromatic heterocycles. The number of aromatic nitrogens is 1. The molecular weight excluding hydrogens is 303 g/mol. The van der Waals surface area contributed by atoms with E-state index in [0.717, 1.165) is 16.8 Å². The average molecular weight is 320 g/mol. The van der Waals surface area contributed by atoms with E-state index in [-0.39, 0.29) is 11.7 Å². The molecule has 0 saturated carbocycles. The summed E-state index contributed by atoms with van der Waals surface area (Å²) in [4.78, 5) is 18.7. The predicted octanol–water partition coefficient (Wildman–Crippen LogP) is 4.38. The van der Waals surface area contributed by atoms with Crippen LogP contribution in [0.4, 0.5) is 10.1 Å². The van der Waals surface area contributed by atoms with Gasteiger partial charge in [-0.2, -0.15) is 0 Å². The van der Waals surface area contributed by atoms with Gasteiger partial charge in [0.1, 0.15) is 5.82 Å². The van der Waals surface area contributed by atoms with Crippen molar-refractivity contribution in [1.82, 2.24) is 4.98 Å². The normalized spacial score (nSPS) is 10.4. The van der Waals surface area contributed by atoms with Gasteiger partial charge in [-0.3, -0.25) is 9.78 Å². The maximum atomic E-state index is 13.1. The quantitative estimate of drug-likeness (QED) is 0.715. The molecule has 0 saturated heterocycles. The number of nitrogens with zero attached hydrogens (tertiary/aromatic N) is 2. The second-order valence-corrected chi connectivity index (χ2v) is 5.60. The van der Waals surface area contributed by atoms with Crippen LogP contribution >= 0.6 is 0 Å². The lowest BCUT2D eigenvalue weighted by Gasteiger charge is -2.23. The van der Waals surface area contributed by atoms with Gasteiger partial charge in [0, 0.05) is 23.6 Å². The molecular formula is C20H17FN2O. The molecule has 3 aromatic rings. The van der Waals surface area contributed by atoms with Crippen molar-refractivity contribution in [3.8, 4) is 0 Å². The van der Waals surface area contributed by atoms with Crippen LogP contribution in [0.5, 0.6) is 0 Å². The van der Waals surface area contributed by atoms with Crippen LogP contribution in [0.2, 0.25) is 0 Å². The lowest BCUT2D eigenvalue weighted by atomic mass is 10.1. The van der Waals surface area contributed by atoms with E-state index in [9.17, 15) is 9.18 Å². The summed E-state index contributed by atoms with van der Waals surface area (Å²) in [5.74, 6) is -0.539. The second kappa shape index (κ2) is 7.04. The van der Waals surface area contributed by atoms with E-state index in [1.54, 1.807) is 17.3 Å². The van der Waals surface area contributed by atoms with Gasteiger partial charge in [-0.25, -0.2) is 4.39 Å². The molecule has 0 N–H and O–H groups in total. The Kier molecular flexibility index (Phi) is 4.66.